The van der Waals surface area contributed by atoms with Crippen LogP contribution in [0.15, 0.2) is 17.1 Å². The van der Waals surface area contributed by atoms with Crippen molar-refractivity contribution in [2.75, 3.05) is 0 Å². The van der Waals surface area contributed by atoms with Gasteiger partial charge in [0.2, 0.25) is 0 Å². The van der Waals surface area contributed by atoms with Crippen LogP contribution in [-0.4, -0.2) is 6.72 Å². The molecule has 0 bridgehead atoms. The SMILES string of the molecule is C=NCc1ccc(C(C)(C)C)s1. The zero-order valence-corrected chi connectivity index (χ0v) is 8.74. The Labute approximate surface area is 78.2 Å². The highest BCUT2D eigenvalue weighted by Gasteiger charge is 2.15. The highest BCUT2D eigenvalue weighted by molar-refractivity contribution is 7.12. The van der Waals surface area contributed by atoms with E-state index in [0.29, 0.717) is 0 Å². The zero-order chi connectivity index (χ0) is 9.19. The van der Waals surface area contributed by atoms with E-state index in [-0.39, 0.29) is 5.41 Å². The lowest BCUT2D eigenvalue weighted by Gasteiger charge is -2.15. The van der Waals surface area contributed by atoms with Crippen molar-refractivity contribution in [1.82, 2.24) is 0 Å². The lowest BCUT2D eigenvalue weighted by atomic mass is 9.95. The number of thiophene rings is 1. The van der Waals surface area contributed by atoms with Gasteiger partial charge in [-0.15, -0.1) is 11.3 Å². The molecule has 66 valence electrons. The molecule has 0 aliphatic heterocycles. The minimum atomic E-state index is 0.268. The molecule has 1 aromatic rings. The first-order valence-corrected chi connectivity index (χ1v) is 4.87. The fourth-order valence-corrected chi connectivity index (χ4v) is 1.99. The maximum absolute atomic E-state index is 3.86. The highest BCUT2D eigenvalue weighted by atomic mass is 32.1. The Balaban J connectivity index is 2.84. The summed E-state index contributed by atoms with van der Waals surface area (Å²) in [5.41, 5.74) is 0.268. The van der Waals surface area contributed by atoms with Gasteiger partial charge in [-0.1, -0.05) is 20.8 Å². The summed E-state index contributed by atoms with van der Waals surface area (Å²) in [4.78, 5) is 6.58. The maximum atomic E-state index is 3.86. The average molecular weight is 181 g/mol. The summed E-state index contributed by atoms with van der Waals surface area (Å²) in [7, 11) is 0. The van der Waals surface area contributed by atoms with E-state index in [2.05, 4.69) is 44.6 Å². The second-order valence-electron chi connectivity index (χ2n) is 3.90. The van der Waals surface area contributed by atoms with E-state index >= 15 is 0 Å². The van der Waals surface area contributed by atoms with E-state index in [1.165, 1.54) is 9.75 Å². The Morgan fingerprint density at radius 2 is 2.08 bits per heavy atom. The predicted octanol–water partition coefficient (Wildman–Crippen LogP) is 3.25. The van der Waals surface area contributed by atoms with E-state index in [1.54, 1.807) is 0 Å². The molecular weight excluding hydrogens is 166 g/mol. The molecule has 0 atom stereocenters. The predicted molar refractivity (Wildman–Crippen MR) is 56.3 cm³/mol. The summed E-state index contributed by atoms with van der Waals surface area (Å²) >= 11 is 1.83. The Hall–Kier alpha value is -0.630. The van der Waals surface area contributed by atoms with Crippen molar-refractivity contribution in [2.24, 2.45) is 4.99 Å². The molecule has 1 nitrogen and oxygen atoms in total. The van der Waals surface area contributed by atoms with Gasteiger partial charge in [-0.05, 0) is 24.3 Å². The largest absolute Gasteiger partial charge is 0.295 e. The summed E-state index contributed by atoms with van der Waals surface area (Å²) in [6.45, 7) is 10.9. The van der Waals surface area contributed by atoms with Crippen LogP contribution in [0.1, 0.15) is 30.5 Å². The third kappa shape index (κ3) is 2.18. The second kappa shape index (κ2) is 3.40. The van der Waals surface area contributed by atoms with Crippen LogP contribution in [0.4, 0.5) is 0 Å². The molecule has 0 N–H and O–H groups in total. The zero-order valence-electron chi connectivity index (χ0n) is 7.92. The van der Waals surface area contributed by atoms with Crippen molar-refractivity contribution in [3.63, 3.8) is 0 Å². The molecule has 0 spiro atoms. The Morgan fingerprint density at radius 1 is 1.42 bits per heavy atom. The normalized spacial score (nSPS) is 11.6. The number of hydrogen-bond donors (Lipinski definition) is 0. The minimum absolute atomic E-state index is 0.268. The van der Waals surface area contributed by atoms with Crippen molar-refractivity contribution < 1.29 is 0 Å². The summed E-state index contributed by atoms with van der Waals surface area (Å²) in [6, 6.07) is 4.32. The lowest BCUT2D eigenvalue weighted by Crippen LogP contribution is -2.07. The lowest BCUT2D eigenvalue weighted by molar-refractivity contribution is 0.604. The van der Waals surface area contributed by atoms with Gasteiger partial charge >= 0.3 is 0 Å². The third-order valence-electron chi connectivity index (χ3n) is 1.67. The smallest absolute Gasteiger partial charge is 0.0725 e. The van der Waals surface area contributed by atoms with Gasteiger partial charge in [0, 0.05) is 9.75 Å². The highest BCUT2D eigenvalue weighted by Crippen LogP contribution is 2.29. The second-order valence-corrected chi connectivity index (χ2v) is 5.07. The van der Waals surface area contributed by atoms with Crippen molar-refractivity contribution in [3.05, 3.63) is 21.9 Å². The van der Waals surface area contributed by atoms with Crippen molar-refractivity contribution in [1.29, 1.82) is 0 Å². The van der Waals surface area contributed by atoms with E-state index in [1.807, 2.05) is 11.3 Å². The number of aliphatic imine (C=N–C) groups is 1. The summed E-state index contributed by atoms with van der Waals surface area (Å²) in [5, 5.41) is 0. The van der Waals surface area contributed by atoms with Crippen LogP contribution in [-0.2, 0) is 12.0 Å². The van der Waals surface area contributed by atoms with Crippen LogP contribution in [0.2, 0.25) is 0 Å². The monoisotopic (exact) mass is 181 g/mol. The van der Waals surface area contributed by atoms with Gasteiger partial charge in [-0.3, -0.25) is 4.99 Å². The van der Waals surface area contributed by atoms with Crippen LogP contribution in [0.5, 0.6) is 0 Å². The van der Waals surface area contributed by atoms with Crippen LogP contribution in [0.3, 0.4) is 0 Å². The topological polar surface area (TPSA) is 12.4 Å². The molecule has 2 heteroatoms. The van der Waals surface area contributed by atoms with Gasteiger partial charge < -0.3 is 0 Å². The first kappa shape index (κ1) is 9.46. The Kier molecular flexibility index (Phi) is 2.68. The molecule has 0 aliphatic carbocycles. The van der Waals surface area contributed by atoms with E-state index in [9.17, 15) is 0 Å². The number of hydrogen-bond acceptors (Lipinski definition) is 2. The van der Waals surface area contributed by atoms with Crippen molar-refractivity contribution >= 4 is 18.1 Å². The molecule has 1 rings (SSSR count). The van der Waals surface area contributed by atoms with Gasteiger partial charge in [-0.2, -0.15) is 0 Å². The molecular formula is C10H15NS. The Morgan fingerprint density at radius 3 is 2.50 bits per heavy atom. The van der Waals surface area contributed by atoms with Gasteiger partial charge in [0.25, 0.3) is 0 Å². The average Bonchev–Trinajstić information content (AvgIpc) is 2.35. The maximum Gasteiger partial charge on any atom is 0.0725 e. The van der Waals surface area contributed by atoms with Crippen LogP contribution >= 0.6 is 11.3 Å². The molecule has 0 radical (unpaired) electrons. The van der Waals surface area contributed by atoms with E-state index < -0.39 is 0 Å². The number of nitrogens with zero attached hydrogens (tertiary/aromatic N) is 1. The molecule has 1 heterocycles. The standard InChI is InChI=1S/C10H15NS/c1-10(2,3)9-6-5-8(12-9)7-11-4/h5-6H,4,7H2,1-3H3. The van der Waals surface area contributed by atoms with Crippen molar-refractivity contribution in [3.8, 4) is 0 Å². The summed E-state index contributed by atoms with van der Waals surface area (Å²) in [6.07, 6.45) is 0. The van der Waals surface area contributed by atoms with Crippen molar-refractivity contribution in [2.45, 2.75) is 32.7 Å². The molecule has 0 aliphatic rings. The first-order valence-electron chi connectivity index (χ1n) is 4.05. The molecule has 0 aromatic carbocycles. The molecule has 0 fully saturated rings. The van der Waals surface area contributed by atoms with Gasteiger partial charge in [0.15, 0.2) is 0 Å². The molecule has 12 heavy (non-hydrogen) atoms. The third-order valence-corrected chi connectivity index (χ3v) is 3.16. The minimum Gasteiger partial charge on any atom is -0.295 e. The van der Waals surface area contributed by atoms with Gasteiger partial charge in [-0.25, -0.2) is 0 Å². The first-order chi connectivity index (χ1) is 5.54. The molecule has 0 saturated carbocycles. The number of rotatable bonds is 2. The molecule has 0 amide bonds. The van der Waals surface area contributed by atoms with Crippen LogP contribution < -0.4 is 0 Å². The summed E-state index contributed by atoms with van der Waals surface area (Å²) < 4.78 is 0. The Bertz CT molecular complexity index is 268. The van der Waals surface area contributed by atoms with Crippen LogP contribution in [0, 0.1) is 0 Å². The van der Waals surface area contributed by atoms with Gasteiger partial charge in [0.05, 0.1) is 6.54 Å². The quantitative estimate of drug-likeness (QED) is 0.621. The van der Waals surface area contributed by atoms with E-state index in [4.69, 9.17) is 0 Å². The molecule has 1 aromatic heterocycles. The van der Waals surface area contributed by atoms with E-state index in [0.717, 1.165) is 6.54 Å². The van der Waals surface area contributed by atoms with Crippen LogP contribution in [0.25, 0.3) is 0 Å². The fourth-order valence-electron chi connectivity index (χ4n) is 0.976. The molecule has 0 unspecified atom stereocenters. The summed E-state index contributed by atoms with van der Waals surface area (Å²) in [5.74, 6) is 0. The molecule has 0 saturated heterocycles. The van der Waals surface area contributed by atoms with Gasteiger partial charge in [0.1, 0.15) is 0 Å². The fraction of sp³-hybridized carbons (Fsp3) is 0.500.